The zero-order valence-corrected chi connectivity index (χ0v) is 19.5. The fourth-order valence-corrected chi connectivity index (χ4v) is 4.83. The van der Waals surface area contributed by atoms with Crippen LogP contribution in [0.15, 0.2) is 14.6 Å². The van der Waals surface area contributed by atoms with Crippen molar-refractivity contribution in [2.24, 2.45) is 18.9 Å². The Morgan fingerprint density at radius 1 is 1.17 bits per heavy atom. The number of likely N-dealkylation sites (tertiary alicyclic amines) is 1. The molecule has 164 valence electrons. The lowest BCUT2D eigenvalue weighted by atomic mass is 9.99. The minimum atomic E-state index is -0.427. The number of hydrogen-bond donors (Lipinski definition) is 0. The topological polar surface area (TPSA) is 90.1 Å². The van der Waals surface area contributed by atoms with Crippen LogP contribution in [0.4, 0.5) is 0 Å². The quantitative estimate of drug-likeness (QED) is 0.530. The maximum absolute atomic E-state index is 13.0. The first-order chi connectivity index (χ1) is 14.1. The van der Waals surface area contributed by atoms with E-state index in [1.54, 1.807) is 11.5 Å². The van der Waals surface area contributed by atoms with E-state index in [0.29, 0.717) is 34.3 Å². The summed E-state index contributed by atoms with van der Waals surface area (Å²) in [5.74, 6) is 1.38. The van der Waals surface area contributed by atoms with Crippen molar-refractivity contribution in [2.75, 3.05) is 13.1 Å². The largest absolute Gasteiger partial charge is 0.342 e. The van der Waals surface area contributed by atoms with Gasteiger partial charge in [0.05, 0.1) is 5.25 Å². The summed E-state index contributed by atoms with van der Waals surface area (Å²) in [6.07, 6.45) is 2.03. The average Bonchev–Trinajstić information content (AvgIpc) is 2.69. The Hall–Kier alpha value is -2.16. The van der Waals surface area contributed by atoms with Gasteiger partial charge in [0, 0.05) is 26.7 Å². The van der Waals surface area contributed by atoms with Crippen molar-refractivity contribution in [2.45, 2.75) is 64.3 Å². The minimum Gasteiger partial charge on any atom is -0.342 e. The molecule has 0 bridgehead atoms. The Kier molecular flexibility index (Phi) is 6.69. The molecule has 30 heavy (non-hydrogen) atoms. The predicted octanol–water partition coefficient (Wildman–Crippen LogP) is 2.19. The van der Waals surface area contributed by atoms with Gasteiger partial charge in [0.1, 0.15) is 16.2 Å². The molecule has 1 aliphatic rings. The van der Waals surface area contributed by atoms with Gasteiger partial charge in [-0.25, -0.2) is 14.8 Å². The number of fused-ring (bicyclic) bond motifs is 1. The lowest BCUT2D eigenvalue weighted by Gasteiger charge is -2.32. The van der Waals surface area contributed by atoms with Gasteiger partial charge in [0.25, 0.3) is 5.56 Å². The van der Waals surface area contributed by atoms with Crippen molar-refractivity contribution in [3.8, 4) is 0 Å². The third kappa shape index (κ3) is 4.45. The van der Waals surface area contributed by atoms with Crippen molar-refractivity contribution in [3.63, 3.8) is 0 Å². The Bertz CT molecular complexity index is 1070. The van der Waals surface area contributed by atoms with E-state index in [2.05, 4.69) is 16.9 Å². The summed E-state index contributed by atoms with van der Waals surface area (Å²) in [5, 5.41) is 0.383. The second kappa shape index (κ2) is 8.91. The zero-order chi connectivity index (χ0) is 22.2. The van der Waals surface area contributed by atoms with Crippen molar-refractivity contribution >= 4 is 28.7 Å². The molecule has 8 nitrogen and oxygen atoms in total. The molecule has 0 spiro atoms. The van der Waals surface area contributed by atoms with E-state index in [1.807, 2.05) is 25.7 Å². The van der Waals surface area contributed by atoms with Crippen LogP contribution in [0.5, 0.6) is 0 Å². The van der Waals surface area contributed by atoms with Crippen LogP contribution in [0.1, 0.15) is 46.4 Å². The summed E-state index contributed by atoms with van der Waals surface area (Å²) >= 11 is 1.28. The van der Waals surface area contributed by atoms with Gasteiger partial charge in [-0.1, -0.05) is 32.5 Å². The molecule has 1 saturated heterocycles. The van der Waals surface area contributed by atoms with E-state index in [4.69, 9.17) is 0 Å². The highest BCUT2D eigenvalue weighted by Crippen LogP contribution is 2.28. The summed E-state index contributed by atoms with van der Waals surface area (Å²) < 4.78 is 2.64. The van der Waals surface area contributed by atoms with Crippen LogP contribution in [0.2, 0.25) is 0 Å². The van der Waals surface area contributed by atoms with Gasteiger partial charge in [0.15, 0.2) is 5.65 Å². The lowest BCUT2D eigenvalue weighted by molar-refractivity contribution is -0.131. The molecule has 9 heteroatoms. The number of aryl methyl sites for hydroxylation is 1. The van der Waals surface area contributed by atoms with E-state index in [1.165, 1.54) is 18.8 Å². The first-order valence-electron chi connectivity index (χ1n) is 10.5. The normalized spacial score (nSPS) is 16.4. The van der Waals surface area contributed by atoms with Crippen LogP contribution in [0, 0.1) is 18.8 Å². The van der Waals surface area contributed by atoms with E-state index in [9.17, 15) is 14.4 Å². The van der Waals surface area contributed by atoms with Gasteiger partial charge >= 0.3 is 5.69 Å². The molecule has 0 radical (unpaired) electrons. The van der Waals surface area contributed by atoms with E-state index in [0.717, 1.165) is 30.5 Å². The molecule has 1 atom stereocenters. The van der Waals surface area contributed by atoms with E-state index < -0.39 is 5.56 Å². The SMILES string of the molecule is Cc1nc(SC(C)C(=O)N2CCC(C)CC2)c2c(=O)n(C)c(=O)n(CC(C)C)c2n1. The van der Waals surface area contributed by atoms with E-state index in [-0.39, 0.29) is 22.8 Å². The van der Waals surface area contributed by atoms with Gasteiger partial charge in [-0.05, 0) is 38.5 Å². The molecule has 3 rings (SSSR count). The van der Waals surface area contributed by atoms with E-state index >= 15 is 0 Å². The number of aromatic nitrogens is 4. The fraction of sp³-hybridized carbons (Fsp3) is 0.667. The summed E-state index contributed by atoms with van der Waals surface area (Å²) in [6.45, 7) is 11.8. The molecule has 3 heterocycles. The monoisotopic (exact) mass is 433 g/mol. The summed E-state index contributed by atoms with van der Waals surface area (Å²) in [5.41, 5.74) is -0.469. The molecule has 0 N–H and O–H groups in total. The molecule has 1 unspecified atom stereocenters. The van der Waals surface area contributed by atoms with Crippen LogP contribution in [-0.2, 0) is 18.4 Å². The highest BCUT2D eigenvalue weighted by molar-refractivity contribution is 8.00. The summed E-state index contributed by atoms with van der Waals surface area (Å²) in [4.78, 5) is 49.5. The fourth-order valence-electron chi connectivity index (χ4n) is 3.76. The van der Waals surface area contributed by atoms with Gasteiger partial charge < -0.3 is 4.90 Å². The number of nitrogens with zero attached hydrogens (tertiary/aromatic N) is 5. The average molecular weight is 434 g/mol. The van der Waals surface area contributed by atoms with Gasteiger partial charge in [0.2, 0.25) is 5.91 Å². The molecule has 2 aromatic heterocycles. The van der Waals surface area contributed by atoms with Crippen molar-refractivity contribution in [1.29, 1.82) is 0 Å². The molecule has 1 fully saturated rings. The van der Waals surface area contributed by atoms with Gasteiger partial charge in [-0.15, -0.1) is 0 Å². The number of piperidine rings is 1. The van der Waals surface area contributed by atoms with Gasteiger partial charge in [-0.3, -0.25) is 18.7 Å². The second-order valence-corrected chi connectivity index (χ2v) is 10.0. The van der Waals surface area contributed by atoms with Crippen LogP contribution in [0.25, 0.3) is 11.0 Å². The molecule has 1 aliphatic heterocycles. The molecule has 0 aromatic carbocycles. The molecular weight excluding hydrogens is 402 g/mol. The maximum atomic E-state index is 13.0. The molecule has 2 aromatic rings. The molecule has 0 aliphatic carbocycles. The third-order valence-electron chi connectivity index (χ3n) is 5.54. The Balaban J connectivity index is 2.04. The number of thioether (sulfide) groups is 1. The standard InChI is InChI=1S/C21H31N5O3S/c1-12(2)11-26-17-16(20(28)24(6)21(26)29)18(23-15(5)22-17)30-14(4)19(27)25-9-7-13(3)8-10-25/h12-14H,7-11H2,1-6H3. The van der Waals surface area contributed by atoms with Crippen LogP contribution >= 0.6 is 11.8 Å². The first kappa shape index (κ1) is 22.5. The van der Waals surface area contributed by atoms with Crippen molar-refractivity contribution in [1.82, 2.24) is 24.0 Å². The van der Waals surface area contributed by atoms with Crippen molar-refractivity contribution < 1.29 is 4.79 Å². The van der Waals surface area contributed by atoms with Crippen LogP contribution in [-0.4, -0.2) is 48.2 Å². The lowest BCUT2D eigenvalue weighted by Crippen LogP contribution is -2.42. The number of carbonyl (C=O) groups is 1. The summed E-state index contributed by atoms with van der Waals surface area (Å²) in [7, 11) is 1.47. The molecule has 1 amide bonds. The smallest absolute Gasteiger partial charge is 0.332 e. The number of hydrogen-bond acceptors (Lipinski definition) is 6. The maximum Gasteiger partial charge on any atom is 0.332 e. The Morgan fingerprint density at radius 3 is 2.40 bits per heavy atom. The van der Waals surface area contributed by atoms with Gasteiger partial charge in [-0.2, -0.15) is 0 Å². The third-order valence-corrected chi connectivity index (χ3v) is 6.61. The highest BCUT2D eigenvalue weighted by Gasteiger charge is 2.27. The summed E-state index contributed by atoms with van der Waals surface area (Å²) in [6, 6.07) is 0. The number of carbonyl (C=O) groups excluding carboxylic acids is 1. The predicted molar refractivity (Wildman–Crippen MR) is 119 cm³/mol. The van der Waals surface area contributed by atoms with Crippen molar-refractivity contribution in [3.05, 3.63) is 26.7 Å². The highest BCUT2D eigenvalue weighted by atomic mass is 32.2. The van der Waals surface area contributed by atoms with Crippen LogP contribution < -0.4 is 11.2 Å². The van der Waals surface area contributed by atoms with Crippen LogP contribution in [0.3, 0.4) is 0 Å². The Morgan fingerprint density at radius 2 is 1.80 bits per heavy atom. The molecular formula is C21H31N5O3S. The first-order valence-corrected chi connectivity index (χ1v) is 11.4. The molecule has 0 saturated carbocycles. The Labute approximate surface area is 180 Å². The zero-order valence-electron chi connectivity index (χ0n) is 18.6. The minimum absolute atomic E-state index is 0.0589. The number of amides is 1. The second-order valence-electron chi connectivity index (χ2n) is 8.69. The number of rotatable bonds is 5.